The second-order valence-electron chi connectivity index (χ2n) is 19.9. The lowest BCUT2D eigenvalue weighted by molar-refractivity contribution is -0.141. The maximum absolute atomic E-state index is 14.6. The van der Waals surface area contributed by atoms with Gasteiger partial charge in [0.1, 0.15) is 42.0 Å². The molecule has 436 valence electrons. The number of aliphatic hydroxyl groups excluding tert-OH is 1. The predicted octanol–water partition coefficient (Wildman–Crippen LogP) is -2.20. The van der Waals surface area contributed by atoms with Gasteiger partial charge in [0.25, 0.3) is 0 Å². The highest BCUT2D eigenvalue weighted by molar-refractivity contribution is 5.97. The van der Waals surface area contributed by atoms with Crippen LogP contribution in [0, 0.1) is 5.92 Å². The zero-order valence-corrected chi connectivity index (χ0v) is 45.4. The average molecular weight is 1110 g/mol. The summed E-state index contributed by atoms with van der Waals surface area (Å²) in [4.78, 5) is 133. The number of aromatic hydroxyl groups is 1. The summed E-state index contributed by atoms with van der Waals surface area (Å²) >= 11 is 0. The van der Waals surface area contributed by atoms with Crippen LogP contribution in [0.3, 0.4) is 0 Å². The fourth-order valence-corrected chi connectivity index (χ4v) is 8.51. The molecule has 0 aliphatic carbocycles. The molecule has 26 nitrogen and oxygen atoms in total. The summed E-state index contributed by atoms with van der Waals surface area (Å²) in [6.07, 6.45) is 3.27. The van der Waals surface area contributed by atoms with Crippen molar-refractivity contribution in [1.29, 1.82) is 0 Å². The maximum Gasteiger partial charge on any atom is 0.248 e. The summed E-state index contributed by atoms with van der Waals surface area (Å²) in [5, 5.41) is 39.7. The molecule has 2 aromatic rings. The summed E-state index contributed by atoms with van der Waals surface area (Å²) in [6.45, 7) is 2.57. The summed E-state index contributed by atoms with van der Waals surface area (Å²) in [5.74, 6) is -6.86. The molecule has 0 spiro atoms. The van der Waals surface area contributed by atoms with Crippen LogP contribution >= 0.6 is 0 Å². The van der Waals surface area contributed by atoms with Gasteiger partial charge >= 0.3 is 0 Å². The van der Waals surface area contributed by atoms with Crippen LogP contribution in [0.15, 0.2) is 64.6 Å². The van der Waals surface area contributed by atoms with Crippen LogP contribution in [0.5, 0.6) is 5.75 Å². The Hall–Kier alpha value is -8.03. The van der Waals surface area contributed by atoms with Crippen LogP contribution in [0.1, 0.15) is 108 Å². The van der Waals surface area contributed by atoms with Crippen molar-refractivity contribution in [3.8, 4) is 5.75 Å². The zero-order chi connectivity index (χ0) is 58.3. The normalized spacial score (nSPS) is 19.7. The first-order chi connectivity index (χ1) is 37.6. The van der Waals surface area contributed by atoms with Crippen LogP contribution in [0.25, 0.3) is 0 Å². The van der Waals surface area contributed by atoms with Crippen molar-refractivity contribution in [2.75, 3.05) is 39.3 Å². The Morgan fingerprint density at radius 2 is 1.22 bits per heavy atom. The van der Waals surface area contributed by atoms with Gasteiger partial charge in [0, 0.05) is 51.9 Å². The third-order valence-corrected chi connectivity index (χ3v) is 12.7. The number of hydrogen-bond donors (Lipinski definition) is 14. The van der Waals surface area contributed by atoms with Gasteiger partial charge in [-0.3, -0.25) is 53.1 Å². The smallest absolute Gasteiger partial charge is 0.248 e. The lowest BCUT2D eigenvalue weighted by Gasteiger charge is -2.29. The molecule has 1 aliphatic rings. The van der Waals surface area contributed by atoms with Crippen LogP contribution in [-0.4, -0.2) is 156 Å². The molecule has 0 aromatic heterocycles. The van der Waals surface area contributed by atoms with E-state index in [2.05, 4.69) is 47.2 Å². The second-order valence-corrected chi connectivity index (χ2v) is 19.9. The van der Waals surface area contributed by atoms with Crippen molar-refractivity contribution < 1.29 is 53.4 Å². The molecule has 26 heteroatoms. The largest absolute Gasteiger partial charge is 0.508 e. The number of nitrogens with zero attached hydrogens (tertiary/aromatic N) is 3. The van der Waals surface area contributed by atoms with Crippen molar-refractivity contribution in [1.82, 2.24) is 42.1 Å². The number of hydrogen-bond acceptors (Lipinski definition) is 13. The Morgan fingerprint density at radius 1 is 0.658 bits per heavy atom. The summed E-state index contributed by atoms with van der Waals surface area (Å²) in [6, 6.07) is 6.42. The van der Waals surface area contributed by atoms with Crippen LogP contribution < -0.4 is 65.9 Å². The van der Waals surface area contributed by atoms with Gasteiger partial charge in [-0.25, -0.2) is 0 Å². The fourth-order valence-electron chi connectivity index (χ4n) is 8.51. The highest BCUT2D eigenvalue weighted by Crippen LogP contribution is 2.15. The van der Waals surface area contributed by atoms with Crippen LogP contribution in [0.2, 0.25) is 0 Å². The van der Waals surface area contributed by atoms with E-state index in [0.717, 1.165) is 4.90 Å². The van der Waals surface area contributed by atoms with E-state index >= 15 is 0 Å². The van der Waals surface area contributed by atoms with Gasteiger partial charge in [-0.2, -0.15) is 0 Å². The minimum absolute atomic E-state index is 0.00711. The molecule has 2 aromatic carbocycles. The molecule has 1 saturated heterocycles. The monoisotopic (exact) mass is 1110 g/mol. The van der Waals surface area contributed by atoms with Gasteiger partial charge in [-0.05, 0) is 87.0 Å². The van der Waals surface area contributed by atoms with Gasteiger partial charge in [-0.15, -0.1) is 0 Å². The Morgan fingerprint density at radius 3 is 1.80 bits per heavy atom. The third-order valence-electron chi connectivity index (χ3n) is 12.7. The molecule has 6 atom stereocenters. The van der Waals surface area contributed by atoms with E-state index in [0.29, 0.717) is 56.2 Å². The number of rotatable bonds is 21. The number of nitrogens with two attached hydrogens (primary N) is 5. The third kappa shape index (κ3) is 26.3. The number of nitrogens with one attached hydrogen (secondary N) is 7. The molecule has 19 N–H and O–H groups in total. The highest BCUT2D eigenvalue weighted by Gasteiger charge is 2.34. The Labute approximate surface area is 461 Å². The molecule has 0 unspecified atom stereocenters. The van der Waals surface area contributed by atoms with E-state index in [-0.39, 0.29) is 107 Å². The standard InChI is InChI=1S/C53H83N15O11/c1-33(2)28-39(46(54)74)64-47(75)38(17-13-26-61-53(57)58)63-45(73)31-68-27-11-4-3-10-24-59-43(71)18-8-9-19-44(72)62-37(16-12-25-60-52(55)56)48(76)65-41(30-35-20-22-36(70)23-21-35)49(77)66-40(29-34-14-6-5-7-15-34)50(78)67-42(32-69)51(68)79/h5-7,14-15,20-23,33,37-42,69-70H,3-4,8-13,16-19,24-32H2,1-2H3,(H2,54,74)(H,59,71)(H,62,72)(H,63,73)(H,64,75)(H,65,76)(H,66,77)(H,67,78)(H4,55,56,60)(H4,57,58,61)/t37-,38-,39-,40-,41-,42-/m0/s1. The molecule has 3 rings (SSSR count). The van der Waals surface area contributed by atoms with Crippen molar-refractivity contribution in [2.45, 2.75) is 146 Å². The molecule has 0 bridgehead atoms. The number of benzene rings is 2. The average Bonchev–Trinajstić information content (AvgIpc) is 3.39. The summed E-state index contributed by atoms with van der Waals surface area (Å²) in [7, 11) is 0. The van der Waals surface area contributed by atoms with E-state index in [1.54, 1.807) is 30.3 Å². The first-order valence-corrected chi connectivity index (χ1v) is 26.8. The van der Waals surface area contributed by atoms with Crippen molar-refractivity contribution >= 4 is 65.1 Å². The van der Waals surface area contributed by atoms with Crippen LogP contribution in [-0.2, 0) is 56.0 Å². The molecule has 79 heavy (non-hydrogen) atoms. The van der Waals surface area contributed by atoms with Gasteiger partial charge < -0.3 is 81.0 Å². The molecule has 9 amide bonds. The summed E-state index contributed by atoms with van der Waals surface area (Å²) in [5.41, 5.74) is 28.7. The lowest BCUT2D eigenvalue weighted by Crippen LogP contribution is -2.60. The first kappa shape index (κ1) is 65.3. The molecule has 1 fully saturated rings. The molecular weight excluding hydrogens is 1020 g/mol. The Bertz CT molecular complexity index is 2360. The van der Waals surface area contributed by atoms with Crippen molar-refractivity contribution in [3.63, 3.8) is 0 Å². The van der Waals surface area contributed by atoms with Crippen LogP contribution in [0.4, 0.5) is 0 Å². The van der Waals surface area contributed by atoms with E-state index in [1.807, 2.05) is 13.8 Å². The summed E-state index contributed by atoms with van der Waals surface area (Å²) < 4.78 is 0. The number of phenols is 1. The van der Waals surface area contributed by atoms with E-state index < -0.39 is 96.7 Å². The topological polar surface area (TPSA) is 436 Å². The highest BCUT2D eigenvalue weighted by atomic mass is 16.3. The van der Waals surface area contributed by atoms with E-state index in [1.165, 1.54) is 24.3 Å². The van der Waals surface area contributed by atoms with Gasteiger partial charge in [0.05, 0.1) is 13.2 Å². The molecule has 0 saturated carbocycles. The second kappa shape index (κ2) is 35.4. The number of aliphatic hydroxyl groups is 1. The number of primary amides is 1. The number of aliphatic imine (C=N–C) groups is 2. The SMILES string of the molecule is CC(C)C[C@H](NC(=O)[C@H](CCCN=C(N)N)NC(=O)CN1CCCCCCNC(=O)CCCCC(=O)N[C@@H](CCCN=C(N)N)C(=O)N[C@@H](Cc2ccc(O)cc2)C(=O)N[C@@H](Cc2ccccc2)C(=O)N[C@@H](CO)C1=O)C(N)=O. The number of guanidine groups is 2. The van der Waals surface area contributed by atoms with E-state index in [4.69, 9.17) is 28.7 Å². The minimum Gasteiger partial charge on any atom is -0.508 e. The van der Waals surface area contributed by atoms with Crippen molar-refractivity contribution in [3.05, 3.63) is 65.7 Å². The molecular formula is C53H83N15O11. The maximum atomic E-state index is 14.6. The number of carbonyl (C=O) groups excluding carboxylic acids is 9. The van der Waals surface area contributed by atoms with Gasteiger partial charge in [-0.1, -0.05) is 69.2 Å². The first-order valence-electron chi connectivity index (χ1n) is 26.8. The minimum atomic E-state index is -1.67. The van der Waals surface area contributed by atoms with Gasteiger partial charge in [0.2, 0.25) is 53.2 Å². The quantitative estimate of drug-likeness (QED) is 0.0358. The van der Waals surface area contributed by atoms with Crippen molar-refractivity contribution in [2.24, 2.45) is 44.6 Å². The Kier molecular flexibility index (Phi) is 29.2. The number of amides is 9. The molecule has 0 radical (unpaired) electrons. The van der Waals surface area contributed by atoms with E-state index in [9.17, 15) is 53.4 Å². The number of phenolic OH excluding ortho intramolecular Hbond substituents is 1. The molecule has 1 aliphatic heterocycles. The number of carbonyl (C=O) groups is 9. The lowest BCUT2D eigenvalue weighted by atomic mass is 10.0. The fraction of sp³-hybridized carbons (Fsp3) is 0.566. The van der Waals surface area contributed by atoms with Gasteiger partial charge in [0.15, 0.2) is 11.9 Å². The molecule has 1 heterocycles. The predicted molar refractivity (Wildman–Crippen MR) is 296 cm³/mol. The zero-order valence-electron chi connectivity index (χ0n) is 45.4. The Balaban J connectivity index is 2.05.